The van der Waals surface area contributed by atoms with Crippen LogP contribution in [0.15, 0.2) is 12.2 Å². The molecule has 0 radical (unpaired) electrons. The highest BCUT2D eigenvalue weighted by atomic mass is 16.1. The Morgan fingerprint density at radius 2 is 2.07 bits per heavy atom. The molecule has 1 N–H and O–H groups in total. The second-order valence-electron chi connectivity index (χ2n) is 3.69. The van der Waals surface area contributed by atoms with Gasteiger partial charge in [-0.15, -0.1) is 0 Å². The van der Waals surface area contributed by atoms with Gasteiger partial charge >= 0.3 is 0 Å². The minimum absolute atomic E-state index is 0.0181. The number of rotatable bonds is 4. The molecule has 0 spiro atoms. The van der Waals surface area contributed by atoms with E-state index < -0.39 is 0 Å². The first kappa shape index (κ1) is 11.2. The van der Waals surface area contributed by atoms with E-state index in [1.807, 2.05) is 6.92 Å². The van der Waals surface area contributed by atoms with E-state index in [1.54, 1.807) is 12.2 Å². The topological polar surface area (TPSA) is 32.3 Å². The Hall–Kier alpha value is -0.830. The maximum absolute atomic E-state index is 11.1. The van der Waals surface area contributed by atoms with Crippen molar-refractivity contribution in [3.8, 4) is 0 Å². The summed E-state index contributed by atoms with van der Waals surface area (Å²) >= 11 is 0. The predicted octanol–water partition coefficient (Wildman–Crippen LogP) is 1.16. The second kappa shape index (κ2) is 6.60. The van der Waals surface area contributed by atoms with Crippen molar-refractivity contribution in [2.75, 3.05) is 26.2 Å². The fourth-order valence-electron chi connectivity index (χ4n) is 1.73. The number of amides is 1. The predicted molar refractivity (Wildman–Crippen MR) is 58.1 cm³/mol. The van der Waals surface area contributed by atoms with Crippen molar-refractivity contribution in [3.05, 3.63) is 12.2 Å². The number of nitrogens with zero attached hydrogens (tertiary/aromatic N) is 1. The average Bonchev–Trinajstić information content (AvgIpc) is 2.20. The number of carbonyl (C=O) groups is 1. The molecule has 0 saturated carbocycles. The minimum Gasteiger partial charge on any atom is -0.351 e. The lowest BCUT2D eigenvalue weighted by atomic mass is 10.1. The van der Waals surface area contributed by atoms with Crippen LogP contribution in [0.4, 0.5) is 0 Å². The zero-order valence-electron chi connectivity index (χ0n) is 8.96. The number of hydrogen-bond acceptors (Lipinski definition) is 2. The SMILES string of the molecule is CC=CC(=O)NCCN1CCCCC1. The molecular weight excluding hydrogens is 176 g/mol. The molecule has 0 aliphatic carbocycles. The van der Waals surface area contributed by atoms with Gasteiger partial charge in [-0.2, -0.15) is 0 Å². The maximum Gasteiger partial charge on any atom is 0.243 e. The van der Waals surface area contributed by atoms with Gasteiger partial charge in [0.05, 0.1) is 0 Å². The van der Waals surface area contributed by atoms with E-state index in [1.165, 1.54) is 32.4 Å². The monoisotopic (exact) mass is 196 g/mol. The number of piperidine rings is 1. The molecule has 1 rings (SSSR count). The highest BCUT2D eigenvalue weighted by Crippen LogP contribution is 2.07. The number of likely N-dealkylation sites (tertiary alicyclic amines) is 1. The zero-order chi connectivity index (χ0) is 10.2. The van der Waals surface area contributed by atoms with E-state index in [0.717, 1.165) is 13.1 Å². The van der Waals surface area contributed by atoms with Gasteiger partial charge < -0.3 is 10.2 Å². The minimum atomic E-state index is 0.0181. The van der Waals surface area contributed by atoms with Crippen LogP contribution in [-0.2, 0) is 4.79 Å². The van der Waals surface area contributed by atoms with Crippen molar-refractivity contribution in [1.29, 1.82) is 0 Å². The summed E-state index contributed by atoms with van der Waals surface area (Å²) in [4.78, 5) is 13.5. The van der Waals surface area contributed by atoms with Crippen LogP contribution in [-0.4, -0.2) is 37.0 Å². The van der Waals surface area contributed by atoms with Crippen LogP contribution in [0.5, 0.6) is 0 Å². The summed E-state index contributed by atoms with van der Waals surface area (Å²) < 4.78 is 0. The van der Waals surface area contributed by atoms with Gasteiger partial charge in [-0.05, 0) is 38.9 Å². The van der Waals surface area contributed by atoms with Crippen LogP contribution < -0.4 is 5.32 Å². The number of nitrogens with one attached hydrogen (secondary N) is 1. The fraction of sp³-hybridized carbons (Fsp3) is 0.727. The molecule has 1 aliphatic heterocycles. The van der Waals surface area contributed by atoms with Crippen molar-refractivity contribution in [2.24, 2.45) is 0 Å². The van der Waals surface area contributed by atoms with Gasteiger partial charge in [0.2, 0.25) is 5.91 Å². The zero-order valence-corrected chi connectivity index (χ0v) is 8.96. The van der Waals surface area contributed by atoms with E-state index in [4.69, 9.17) is 0 Å². The van der Waals surface area contributed by atoms with Crippen molar-refractivity contribution in [3.63, 3.8) is 0 Å². The summed E-state index contributed by atoms with van der Waals surface area (Å²) in [6.07, 6.45) is 7.31. The molecule has 3 heteroatoms. The first-order valence-electron chi connectivity index (χ1n) is 5.46. The van der Waals surface area contributed by atoms with Crippen molar-refractivity contribution in [1.82, 2.24) is 10.2 Å². The Morgan fingerprint density at radius 3 is 2.71 bits per heavy atom. The lowest BCUT2D eigenvalue weighted by Crippen LogP contribution is -2.37. The molecule has 0 aromatic rings. The molecule has 1 fully saturated rings. The average molecular weight is 196 g/mol. The van der Waals surface area contributed by atoms with Gasteiger partial charge in [-0.3, -0.25) is 4.79 Å². The van der Waals surface area contributed by atoms with Gasteiger partial charge in [0.15, 0.2) is 0 Å². The van der Waals surface area contributed by atoms with Crippen LogP contribution in [0.2, 0.25) is 0 Å². The lowest BCUT2D eigenvalue weighted by Gasteiger charge is -2.26. The van der Waals surface area contributed by atoms with Gasteiger partial charge in [-0.25, -0.2) is 0 Å². The van der Waals surface area contributed by atoms with E-state index in [-0.39, 0.29) is 5.91 Å². The Bertz CT molecular complexity index is 195. The van der Waals surface area contributed by atoms with E-state index >= 15 is 0 Å². The number of allylic oxidation sites excluding steroid dienone is 1. The number of carbonyl (C=O) groups excluding carboxylic acids is 1. The summed E-state index contributed by atoms with van der Waals surface area (Å²) in [7, 11) is 0. The third-order valence-electron chi connectivity index (χ3n) is 2.49. The molecule has 80 valence electrons. The van der Waals surface area contributed by atoms with Crippen molar-refractivity contribution >= 4 is 5.91 Å². The quantitative estimate of drug-likeness (QED) is 0.684. The van der Waals surface area contributed by atoms with Crippen LogP contribution in [0.25, 0.3) is 0 Å². The molecule has 1 saturated heterocycles. The lowest BCUT2D eigenvalue weighted by molar-refractivity contribution is -0.116. The standard InChI is InChI=1S/C11H20N2O/c1-2-6-11(14)12-7-10-13-8-4-3-5-9-13/h2,6H,3-5,7-10H2,1H3,(H,12,14). The molecule has 0 bridgehead atoms. The fourth-order valence-corrected chi connectivity index (χ4v) is 1.73. The Labute approximate surface area is 86.2 Å². The Morgan fingerprint density at radius 1 is 1.36 bits per heavy atom. The normalized spacial score (nSPS) is 18.6. The molecule has 0 aromatic carbocycles. The van der Waals surface area contributed by atoms with Gasteiger partial charge in [0.25, 0.3) is 0 Å². The van der Waals surface area contributed by atoms with Crippen LogP contribution in [0.3, 0.4) is 0 Å². The van der Waals surface area contributed by atoms with Crippen LogP contribution >= 0.6 is 0 Å². The molecule has 0 atom stereocenters. The van der Waals surface area contributed by atoms with Crippen LogP contribution in [0, 0.1) is 0 Å². The Balaban J connectivity index is 2.05. The van der Waals surface area contributed by atoms with Crippen molar-refractivity contribution in [2.45, 2.75) is 26.2 Å². The smallest absolute Gasteiger partial charge is 0.243 e. The molecule has 1 heterocycles. The molecule has 1 amide bonds. The third-order valence-corrected chi connectivity index (χ3v) is 2.49. The van der Waals surface area contributed by atoms with Crippen LogP contribution in [0.1, 0.15) is 26.2 Å². The highest BCUT2D eigenvalue weighted by molar-refractivity contribution is 5.87. The second-order valence-corrected chi connectivity index (χ2v) is 3.69. The van der Waals surface area contributed by atoms with Gasteiger partial charge in [0.1, 0.15) is 0 Å². The van der Waals surface area contributed by atoms with Gasteiger partial charge in [-0.1, -0.05) is 12.5 Å². The first-order valence-corrected chi connectivity index (χ1v) is 5.46. The summed E-state index contributed by atoms with van der Waals surface area (Å²) in [6.45, 7) is 6.00. The molecule has 0 aromatic heterocycles. The molecule has 3 nitrogen and oxygen atoms in total. The van der Waals surface area contributed by atoms with Gasteiger partial charge in [0, 0.05) is 13.1 Å². The number of hydrogen-bond donors (Lipinski definition) is 1. The summed E-state index contributed by atoms with van der Waals surface area (Å²) in [5.41, 5.74) is 0. The summed E-state index contributed by atoms with van der Waals surface area (Å²) in [5, 5.41) is 2.86. The van der Waals surface area contributed by atoms with Crippen molar-refractivity contribution < 1.29 is 4.79 Å². The Kier molecular flexibility index (Phi) is 5.30. The first-order chi connectivity index (χ1) is 6.83. The highest BCUT2D eigenvalue weighted by Gasteiger charge is 2.08. The summed E-state index contributed by atoms with van der Waals surface area (Å²) in [6, 6.07) is 0. The largest absolute Gasteiger partial charge is 0.351 e. The maximum atomic E-state index is 11.1. The van der Waals surface area contributed by atoms with E-state index in [2.05, 4.69) is 10.2 Å². The molecule has 14 heavy (non-hydrogen) atoms. The van der Waals surface area contributed by atoms with E-state index in [9.17, 15) is 4.79 Å². The molecule has 1 aliphatic rings. The summed E-state index contributed by atoms with van der Waals surface area (Å²) in [5.74, 6) is 0.0181. The molecule has 0 unspecified atom stereocenters. The van der Waals surface area contributed by atoms with E-state index in [0.29, 0.717) is 0 Å². The third kappa shape index (κ3) is 4.42. The molecular formula is C11H20N2O.